The molecular weight excluding hydrogens is 324 g/mol. The molecule has 2 N–H and O–H groups in total. The van der Waals surface area contributed by atoms with Gasteiger partial charge in [0.15, 0.2) is 0 Å². The molecule has 0 saturated heterocycles. The van der Waals surface area contributed by atoms with Crippen molar-refractivity contribution < 1.29 is 9.21 Å². The highest BCUT2D eigenvalue weighted by Gasteiger charge is 2.26. The van der Waals surface area contributed by atoms with Gasteiger partial charge in [-0.1, -0.05) is 56.0 Å². The van der Waals surface area contributed by atoms with Crippen molar-refractivity contribution in [2.75, 3.05) is 0 Å². The number of benzene rings is 1. The normalized spacial score (nSPS) is 16.3. The van der Waals surface area contributed by atoms with Crippen molar-refractivity contribution in [2.24, 2.45) is 0 Å². The Labute approximate surface area is 155 Å². The van der Waals surface area contributed by atoms with Crippen LogP contribution in [0.4, 0.5) is 0 Å². The van der Waals surface area contributed by atoms with E-state index >= 15 is 0 Å². The summed E-state index contributed by atoms with van der Waals surface area (Å²) >= 11 is 0. The van der Waals surface area contributed by atoms with Gasteiger partial charge >= 0.3 is 0 Å². The number of aryl methyl sites for hydroxylation is 1. The van der Waals surface area contributed by atoms with Gasteiger partial charge in [0.05, 0.1) is 11.3 Å². The van der Waals surface area contributed by atoms with Crippen LogP contribution in [-0.2, 0) is 0 Å². The summed E-state index contributed by atoms with van der Waals surface area (Å²) in [5.74, 6) is 0.981. The first-order chi connectivity index (χ1) is 12.5. The fourth-order valence-corrected chi connectivity index (χ4v) is 3.61. The van der Waals surface area contributed by atoms with Gasteiger partial charge in [0, 0.05) is 12.0 Å². The number of carbonyl (C=O) groups is 1. The van der Waals surface area contributed by atoms with Crippen molar-refractivity contribution in [3.8, 4) is 0 Å². The highest BCUT2D eigenvalue weighted by molar-refractivity contribution is 6.00. The van der Waals surface area contributed by atoms with Crippen LogP contribution in [0.25, 0.3) is 0 Å². The summed E-state index contributed by atoms with van der Waals surface area (Å²) in [6.07, 6.45) is 5.69. The summed E-state index contributed by atoms with van der Waals surface area (Å²) in [5, 5.41) is 11.1. The highest BCUT2D eigenvalue weighted by Crippen LogP contribution is 2.30. The molecule has 1 unspecified atom stereocenters. The molecule has 0 bridgehead atoms. The molecule has 2 aromatic rings. The maximum absolute atomic E-state index is 12.9. The minimum Gasteiger partial charge on any atom is -0.458 e. The molecule has 1 fully saturated rings. The number of carbonyl (C=O) groups excluding carboxylic acids is 1. The Morgan fingerprint density at radius 3 is 2.46 bits per heavy atom. The third kappa shape index (κ3) is 4.06. The summed E-state index contributed by atoms with van der Waals surface area (Å²) in [7, 11) is 0. The van der Waals surface area contributed by atoms with Crippen LogP contribution in [-0.4, -0.2) is 17.7 Å². The SMILES string of the molecule is CC(=N)c1cc(C(=O)NC2CCCCC2)c(C(C)c2ccc(C)cc2)o1. The molecule has 0 aliphatic heterocycles. The van der Waals surface area contributed by atoms with E-state index in [1.54, 1.807) is 13.0 Å². The molecule has 4 heteroatoms. The van der Waals surface area contributed by atoms with Crippen LogP contribution >= 0.6 is 0 Å². The first-order valence-corrected chi connectivity index (χ1v) is 9.52. The lowest BCUT2D eigenvalue weighted by atomic mass is 9.93. The Kier molecular flexibility index (Phi) is 5.60. The number of hydrogen-bond donors (Lipinski definition) is 2. The molecule has 3 rings (SSSR count). The summed E-state index contributed by atoms with van der Waals surface area (Å²) in [6, 6.07) is 10.3. The molecule has 4 nitrogen and oxygen atoms in total. The molecule has 26 heavy (non-hydrogen) atoms. The Hall–Kier alpha value is -2.36. The zero-order valence-corrected chi connectivity index (χ0v) is 15.9. The Morgan fingerprint density at radius 2 is 1.85 bits per heavy atom. The molecule has 138 valence electrons. The quantitative estimate of drug-likeness (QED) is 0.727. The van der Waals surface area contributed by atoms with E-state index in [0.717, 1.165) is 18.4 Å². The van der Waals surface area contributed by atoms with Gasteiger partial charge in [0.25, 0.3) is 5.91 Å². The zero-order chi connectivity index (χ0) is 18.7. The largest absolute Gasteiger partial charge is 0.458 e. The van der Waals surface area contributed by atoms with Gasteiger partial charge < -0.3 is 15.1 Å². The van der Waals surface area contributed by atoms with Crippen LogP contribution in [0.2, 0.25) is 0 Å². The number of rotatable bonds is 5. The van der Waals surface area contributed by atoms with Crippen LogP contribution < -0.4 is 5.32 Å². The molecular formula is C22H28N2O2. The lowest BCUT2D eigenvalue weighted by molar-refractivity contribution is 0.0925. The molecule has 1 saturated carbocycles. The van der Waals surface area contributed by atoms with Gasteiger partial charge in [-0.3, -0.25) is 4.79 Å². The van der Waals surface area contributed by atoms with Crippen LogP contribution in [0.15, 0.2) is 34.7 Å². The fraction of sp³-hybridized carbons (Fsp3) is 0.455. The number of amides is 1. The maximum Gasteiger partial charge on any atom is 0.255 e. The van der Waals surface area contributed by atoms with Crippen molar-refractivity contribution >= 4 is 11.6 Å². The van der Waals surface area contributed by atoms with Crippen LogP contribution in [0.5, 0.6) is 0 Å². The molecule has 0 radical (unpaired) electrons. The predicted molar refractivity (Wildman–Crippen MR) is 104 cm³/mol. The number of hydrogen-bond acceptors (Lipinski definition) is 3. The lowest BCUT2D eigenvalue weighted by Gasteiger charge is -2.23. The Balaban J connectivity index is 1.89. The molecule has 1 heterocycles. The van der Waals surface area contributed by atoms with E-state index in [1.165, 1.54) is 24.8 Å². The summed E-state index contributed by atoms with van der Waals surface area (Å²) in [4.78, 5) is 12.9. The molecule has 1 aliphatic rings. The van der Waals surface area contributed by atoms with Crippen molar-refractivity contribution in [2.45, 2.75) is 64.8 Å². The first kappa shape index (κ1) is 18.4. The monoisotopic (exact) mass is 352 g/mol. The van der Waals surface area contributed by atoms with E-state index in [2.05, 4.69) is 36.5 Å². The van der Waals surface area contributed by atoms with Gasteiger partial charge in [-0.25, -0.2) is 0 Å². The smallest absolute Gasteiger partial charge is 0.255 e. The Bertz CT molecular complexity index is 783. The highest BCUT2D eigenvalue weighted by atomic mass is 16.3. The molecule has 1 amide bonds. The molecule has 0 spiro atoms. The predicted octanol–water partition coefficient (Wildman–Crippen LogP) is 5.19. The number of furan rings is 1. The summed E-state index contributed by atoms with van der Waals surface area (Å²) < 4.78 is 5.95. The second kappa shape index (κ2) is 7.90. The minimum atomic E-state index is -0.0814. The van der Waals surface area contributed by atoms with E-state index in [4.69, 9.17) is 9.83 Å². The second-order valence-corrected chi connectivity index (χ2v) is 7.45. The van der Waals surface area contributed by atoms with Gasteiger partial charge in [-0.2, -0.15) is 0 Å². The molecule has 1 aromatic heterocycles. The average molecular weight is 352 g/mol. The Morgan fingerprint density at radius 1 is 1.19 bits per heavy atom. The van der Waals surface area contributed by atoms with Crippen molar-refractivity contribution in [3.05, 3.63) is 58.5 Å². The third-order valence-corrected chi connectivity index (χ3v) is 5.29. The van der Waals surface area contributed by atoms with E-state index in [-0.39, 0.29) is 17.9 Å². The van der Waals surface area contributed by atoms with Crippen LogP contribution in [0.1, 0.15) is 84.9 Å². The third-order valence-electron chi connectivity index (χ3n) is 5.29. The minimum absolute atomic E-state index is 0.0456. The van der Waals surface area contributed by atoms with E-state index < -0.39 is 0 Å². The standard InChI is InChI=1S/C22H28N2O2/c1-14-9-11-17(12-10-14)15(2)21-19(13-20(26-21)16(3)23)22(25)24-18-7-5-4-6-8-18/h9-13,15,18,23H,4-8H2,1-3H3,(H,24,25). The fourth-order valence-electron chi connectivity index (χ4n) is 3.61. The zero-order valence-electron chi connectivity index (χ0n) is 15.9. The molecule has 1 aromatic carbocycles. The van der Waals surface area contributed by atoms with Gasteiger partial charge in [-0.05, 0) is 38.3 Å². The first-order valence-electron chi connectivity index (χ1n) is 9.52. The number of nitrogens with one attached hydrogen (secondary N) is 2. The summed E-state index contributed by atoms with van der Waals surface area (Å²) in [6.45, 7) is 5.78. The average Bonchev–Trinajstić information content (AvgIpc) is 3.08. The van der Waals surface area contributed by atoms with Crippen molar-refractivity contribution in [1.29, 1.82) is 5.41 Å². The van der Waals surface area contributed by atoms with E-state index in [1.807, 2.05) is 6.92 Å². The van der Waals surface area contributed by atoms with E-state index in [9.17, 15) is 4.79 Å². The van der Waals surface area contributed by atoms with Crippen molar-refractivity contribution in [1.82, 2.24) is 5.32 Å². The van der Waals surface area contributed by atoms with E-state index in [0.29, 0.717) is 22.8 Å². The van der Waals surface area contributed by atoms with Crippen LogP contribution in [0, 0.1) is 12.3 Å². The second-order valence-electron chi connectivity index (χ2n) is 7.45. The topological polar surface area (TPSA) is 66.1 Å². The molecule has 1 aliphatic carbocycles. The van der Waals surface area contributed by atoms with Gasteiger partial charge in [-0.15, -0.1) is 0 Å². The van der Waals surface area contributed by atoms with Crippen LogP contribution in [0.3, 0.4) is 0 Å². The lowest BCUT2D eigenvalue weighted by Crippen LogP contribution is -2.36. The van der Waals surface area contributed by atoms with Gasteiger partial charge in [0.2, 0.25) is 0 Å². The molecule has 1 atom stereocenters. The summed E-state index contributed by atoms with van der Waals surface area (Å²) in [5.41, 5.74) is 3.20. The maximum atomic E-state index is 12.9. The van der Waals surface area contributed by atoms with Crippen molar-refractivity contribution in [3.63, 3.8) is 0 Å². The van der Waals surface area contributed by atoms with Gasteiger partial charge in [0.1, 0.15) is 11.5 Å².